The quantitative estimate of drug-likeness (QED) is 0.568. The summed E-state index contributed by atoms with van der Waals surface area (Å²) in [5.74, 6) is 1.93. The summed E-state index contributed by atoms with van der Waals surface area (Å²) in [6, 6.07) is 8.18. The molecule has 1 atom stereocenters. The van der Waals surface area contributed by atoms with Crippen molar-refractivity contribution in [2.45, 2.75) is 32.7 Å². The summed E-state index contributed by atoms with van der Waals surface area (Å²) in [5.41, 5.74) is 1.09. The summed E-state index contributed by atoms with van der Waals surface area (Å²) in [7, 11) is 1.78. The predicted molar refractivity (Wildman–Crippen MR) is 101 cm³/mol. The molecule has 0 amide bonds. The van der Waals surface area contributed by atoms with E-state index in [1.165, 1.54) is 4.88 Å². The van der Waals surface area contributed by atoms with Gasteiger partial charge < -0.3 is 15.4 Å². The van der Waals surface area contributed by atoms with Crippen molar-refractivity contribution in [3.05, 3.63) is 46.3 Å². The Balaban J connectivity index is 1.76. The summed E-state index contributed by atoms with van der Waals surface area (Å²) in [4.78, 5) is 9.95. The van der Waals surface area contributed by atoms with Crippen molar-refractivity contribution >= 4 is 17.3 Å². The average Bonchev–Trinajstić information content (AvgIpc) is 3.15. The van der Waals surface area contributed by atoms with Crippen molar-refractivity contribution < 1.29 is 4.74 Å². The topological polar surface area (TPSA) is 58.5 Å². The van der Waals surface area contributed by atoms with Gasteiger partial charge in [0.05, 0.1) is 6.61 Å². The smallest absolute Gasteiger partial charge is 0.213 e. The minimum atomic E-state index is 0.459. The highest BCUT2D eigenvalue weighted by molar-refractivity contribution is 7.10. The van der Waals surface area contributed by atoms with Crippen LogP contribution in [0.2, 0.25) is 0 Å². The van der Waals surface area contributed by atoms with E-state index in [2.05, 4.69) is 52.0 Å². The third kappa shape index (κ3) is 5.85. The number of pyridine rings is 1. The molecular formula is C18H26N4OS. The molecule has 6 heteroatoms. The molecule has 2 heterocycles. The Kier molecular flexibility index (Phi) is 7.55. The van der Waals surface area contributed by atoms with E-state index in [1.54, 1.807) is 18.4 Å². The molecule has 2 aromatic heterocycles. The second-order valence-electron chi connectivity index (χ2n) is 5.58. The Hall–Kier alpha value is -2.08. The summed E-state index contributed by atoms with van der Waals surface area (Å²) < 4.78 is 5.49. The monoisotopic (exact) mass is 346 g/mol. The van der Waals surface area contributed by atoms with Gasteiger partial charge in [0.2, 0.25) is 5.88 Å². The third-order valence-corrected chi connectivity index (χ3v) is 4.64. The Morgan fingerprint density at radius 1 is 1.33 bits per heavy atom. The van der Waals surface area contributed by atoms with Crippen molar-refractivity contribution in [3.8, 4) is 5.88 Å². The molecule has 2 N–H and O–H groups in total. The molecule has 2 rings (SSSR count). The third-order valence-electron chi connectivity index (χ3n) is 3.54. The Morgan fingerprint density at radius 2 is 2.21 bits per heavy atom. The molecule has 0 saturated carbocycles. The second kappa shape index (κ2) is 9.93. The fourth-order valence-electron chi connectivity index (χ4n) is 2.14. The molecule has 130 valence electrons. The molecule has 0 fully saturated rings. The van der Waals surface area contributed by atoms with Crippen LogP contribution in [0, 0.1) is 0 Å². The summed E-state index contributed by atoms with van der Waals surface area (Å²) >= 11 is 1.79. The zero-order valence-corrected chi connectivity index (χ0v) is 15.4. The molecule has 0 radical (unpaired) electrons. The van der Waals surface area contributed by atoms with Gasteiger partial charge >= 0.3 is 0 Å². The molecule has 0 aliphatic rings. The van der Waals surface area contributed by atoms with E-state index in [-0.39, 0.29) is 0 Å². The maximum atomic E-state index is 5.49. The summed E-state index contributed by atoms with van der Waals surface area (Å²) in [6.07, 6.45) is 2.82. The minimum Gasteiger partial charge on any atom is -0.478 e. The van der Waals surface area contributed by atoms with Crippen LogP contribution in [0.15, 0.2) is 40.8 Å². The molecule has 0 spiro atoms. The van der Waals surface area contributed by atoms with Gasteiger partial charge in [0.1, 0.15) is 0 Å². The number of aromatic nitrogens is 1. The number of guanidine groups is 1. The van der Waals surface area contributed by atoms with Crippen LogP contribution in [-0.2, 0) is 6.54 Å². The summed E-state index contributed by atoms with van der Waals surface area (Å²) in [6.45, 7) is 6.52. The number of nitrogens with zero attached hydrogens (tertiary/aromatic N) is 2. The number of rotatable bonds is 8. The van der Waals surface area contributed by atoms with Crippen LogP contribution in [0.3, 0.4) is 0 Å². The normalized spacial score (nSPS) is 12.7. The lowest BCUT2D eigenvalue weighted by Crippen LogP contribution is -2.38. The van der Waals surface area contributed by atoms with Crippen LogP contribution in [-0.4, -0.2) is 31.1 Å². The first-order chi connectivity index (χ1) is 11.7. The second-order valence-corrected chi connectivity index (χ2v) is 6.56. The number of hydrogen-bond acceptors (Lipinski definition) is 4. The zero-order valence-electron chi connectivity index (χ0n) is 14.6. The molecular weight excluding hydrogens is 320 g/mol. The molecule has 0 aliphatic carbocycles. The first-order valence-corrected chi connectivity index (χ1v) is 9.16. The predicted octanol–water partition coefficient (Wildman–Crippen LogP) is 3.40. The van der Waals surface area contributed by atoms with Crippen LogP contribution in [0.1, 0.15) is 36.6 Å². The number of aliphatic imine (C=N–C) groups is 1. The Labute approximate surface area is 148 Å². The maximum Gasteiger partial charge on any atom is 0.213 e. The Morgan fingerprint density at radius 3 is 2.83 bits per heavy atom. The minimum absolute atomic E-state index is 0.459. The van der Waals surface area contributed by atoms with Crippen molar-refractivity contribution in [1.29, 1.82) is 0 Å². The maximum absolute atomic E-state index is 5.49. The lowest BCUT2D eigenvalue weighted by atomic mass is 10.1. The van der Waals surface area contributed by atoms with Crippen LogP contribution >= 0.6 is 11.3 Å². The largest absolute Gasteiger partial charge is 0.478 e. The van der Waals surface area contributed by atoms with Gasteiger partial charge in [-0.2, -0.15) is 0 Å². The number of thiophene rings is 1. The molecule has 5 nitrogen and oxygen atoms in total. The van der Waals surface area contributed by atoms with Crippen LogP contribution < -0.4 is 15.4 Å². The lowest BCUT2D eigenvalue weighted by molar-refractivity contribution is 0.305. The van der Waals surface area contributed by atoms with E-state index < -0.39 is 0 Å². The van der Waals surface area contributed by atoms with Gasteiger partial charge in [-0.05, 0) is 23.4 Å². The van der Waals surface area contributed by atoms with E-state index in [9.17, 15) is 0 Å². The van der Waals surface area contributed by atoms with Crippen molar-refractivity contribution in [1.82, 2.24) is 15.6 Å². The molecule has 0 aliphatic heterocycles. The number of hydrogen-bond donors (Lipinski definition) is 2. The van der Waals surface area contributed by atoms with Crippen LogP contribution in [0.5, 0.6) is 5.88 Å². The molecule has 2 aromatic rings. The highest BCUT2D eigenvalue weighted by atomic mass is 32.1. The number of ether oxygens (including phenoxy) is 1. The van der Waals surface area contributed by atoms with Gasteiger partial charge in [0.25, 0.3) is 0 Å². The number of nitrogens with one attached hydrogen (secondary N) is 2. The average molecular weight is 346 g/mol. The molecule has 0 bridgehead atoms. The van der Waals surface area contributed by atoms with E-state index in [4.69, 9.17) is 4.74 Å². The van der Waals surface area contributed by atoms with Gasteiger partial charge in [-0.15, -0.1) is 11.3 Å². The Bertz CT molecular complexity index is 610. The van der Waals surface area contributed by atoms with Gasteiger partial charge in [-0.25, -0.2) is 4.98 Å². The van der Waals surface area contributed by atoms with Gasteiger partial charge in [-0.3, -0.25) is 4.99 Å². The first-order valence-electron chi connectivity index (χ1n) is 8.28. The molecule has 0 saturated heterocycles. The van der Waals surface area contributed by atoms with Crippen molar-refractivity contribution in [2.24, 2.45) is 4.99 Å². The first kappa shape index (κ1) is 18.3. The zero-order chi connectivity index (χ0) is 17.2. The van der Waals surface area contributed by atoms with Crippen molar-refractivity contribution in [2.75, 3.05) is 20.2 Å². The standard InChI is InChI=1S/C18H26N4OS/c1-4-9-23-17-8-7-15(12-20-17)13-22-18(19-3)21-11-14(2)16-6-5-10-24-16/h5-8,10,12,14H,4,9,11,13H2,1-3H3,(H2,19,21,22). The molecule has 1 unspecified atom stereocenters. The van der Waals surface area contributed by atoms with E-state index >= 15 is 0 Å². The summed E-state index contributed by atoms with van der Waals surface area (Å²) in [5, 5.41) is 8.79. The fourth-order valence-corrected chi connectivity index (χ4v) is 2.92. The molecule has 0 aromatic carbocycles. The van der Waals surface area contributed by atoms with Gasteiger partial charge in [0.15, 0.2) is 5.96 Å². The van der Waals surface area contributed by atoms with Gasteiger partial charge in [0, 0.05) is 43.2 Å². The van der Waals surface area contributed by atoms with E-state index in [1.807, 2.05) is 18.3 Å². The van der Waals surface area contributed by atoms with Crippen LogP contribution in [0.4, 0.5) is 0 Å². The molecule has 24 heavy (non-hydrogen) atoms. The SMILES string of the molecule is CCCOc1ccc(CNC(=NC)NCC(C)c2cccs2)cn1. The van der Waals surface area contributed by atoms with Gasteiger partial charge in [-0.1, -0.05) is 26.0 Å². The fraction of sp³-hybridized carbons (Fsp3) is 0.444. The highest BCUT2D eigenvalue weighted by Gasteiger charge is 2.07. The van der Waals surface area contributed by atoms with E-state index in [0.717, 1.165) is 24.5 Å². The highest BCUT2D eigenvalue weighted by Crippen LogP contribution is 2.19. The van der Waals surface area contributed by atoms with Crippen molar-refractivity contribution in [3.63, 3.8) is 0 Å². The lowest BCUT2D eigenvalue weighted by Gasteiger charge is -2.15. The van der Waals surface area contributed by atoms with Crippen LogP contribution in [0.25, 0.3) is 0 Å². The van der Waals surface area contributed by atoms with E-state index in [0.29, 0.717) is 24.9 Å².